The second-order valence-corrected chi connectivity index (χ2v) is 9.80. The van der Waals surface area contributed by atoms with Gasteiger partial charge in [0.15, 0.2) is 0 Å². The third-order valence-electron chi connectivity index (χ3n) is 6.58. The van der Waals surface area contributed by atoms with Crippen LogP contribution in [-0.2, 0) is 16.7 Å². The van der Waals surface area contributed by atoms with E-state index in [9.17, 15) is 4.79 Å². The number of alkyl halides is 1. The van der Waals surface area contributed by atoms with E-state index in [1.807, 2.05) is 23.1 Å². The summed E-state index contributed by atoms with van der Waals surface area (Å²) < 4.78 is 0. The number of hydrogen-bond donors (Lipinski definition) is 1. The van der Waals surface area contributed by atoms with Crippen molar-refractivity contribution >= 4 is 40.3 Å². The third-order valence-corrected chi connectivity index (χ3v) is 7.58. The molecule has 1 spiro atoms. The molecule has 164 valence electrons. The molecule has 1 aliphatic carbocycles. The van der Waals surface area contributed by atoms with Gasteiger partial charge >= 0.3 is 0 Å². The number of unbranched alkanes of at least 4 members (excludes halogenated alkanes) is 1. The van der Waals surface area contributed by atoms with Gasteiger partial charge in [0.05, 0.1) is 6.54 Å². The van der Waals surface area contributed by atoms with Crippen molar-refractivity contribution in [3.05, 3.63) is 53.6 Å². The topological polar surface area (TPSA) is 32.7 Å². The summed E-state index contributed by atoms with van der Waals surface area (Å²) in [6, 6.07) is 14.7. The molecule has 4 rings (SSSR count). The first-order chi connectivity index (χ1) is 15.1. The quantitative estimate of drug-likeness (QED) is 0.318. The Hall–Kier alpha value is -1.59. The number of amidine groups is 1. The van der Waals surface area contributed by atoms with Crippen molar-refractivity contribution in [1.82, 2.24) is 4.90 Å². The highest BCUT2D eigenvalue weighted by atomic mass is 79.9. The maximum absolute atomic E-state index is 13.5. The standard InChI is InChI=1S/C26H31BrN2OS/c1-2-3-11-24-28-26(14-7-4-8-15-26)25(30)29(24)18-19-12-13-21(20(16-19)17-27)22-9-5-6-10-23(22)31/h5-6,9-10,12-13,16,31H,2-4,7-8,11,14-15,17-18H2,1H3. The van der Waals surface area contributed by atoms with E-state index < -0.39 is 5.54 Å². The molecule has 0 saturated heterocycles. The van der Waals surface area contributed by atoms with Crippen molar-refractivity contribution in [2.75, 3.05) is 0 Å². The molecule has 2 aliphatic rings. The van der Waals surface area contributed by atoms with E-state index in [0.29, 0.717) is 6.54 Å². The number of aliphatic imine (C=N–C) groups is 1. The van der Waals surface area contributed by atoms with Gasteiger partial charge in [-0.05, 0) is 47.6 Å². The van der Waals surface area contributed by atoms with Gasteiger partial charge in [-0.3, -0.25) is 14.7 Å². The summed E-state index contributed by atoms with van der Waals surface area (Å²) in [4.78, 5) is 21.6. The zero-order valence-corrected chi connectivity index (χ0v) is 20.7. The Bertz CT molecular complexity index is 981. The summed E-state index contributed by atoms with van der Waals surface area (Å²) in [5, 5.41) is 0.757. The Morgan fingerprint density at radius 2 is 1.87 bits per heavy atom. The summed E-state index contributed by atoms with van der Waals surface area (Å²) in [5.41, 5.74) is 4.20. The van der Waals surface area contributed by atoms with E-state index in [1.165, 1.54) is 17.5 Å². The van der Waals surface area contributed by atoms with Crippen LogP contribution < -0.4 is 0 Å². The Morgan fingerprint density at radius 1 is 1.10 bits per heavy atom. The van der Waals surface area contributed by atoms with Crippen LogP contribution in [0.25, 0.3) is 11.1 Å². The highest BCUT2D eigenvalue weighted by molar-refractivity contribution is 9.08. The van der Waals surface area contributed by atoms with Crippen molar-refractivity contribution in [1.29, 1.82) is 0 Å². The van der Waals surface area contributed by atoms with Crippen molar-refractivity contribution in [2.24, 2.45) is 4.99 Å². The normalized spacial score (nSPS) is 18.0. The molecule has 5 heteroatoms. The van der Waals surface area contributed by atoms with Crippen LogP contribution in [0, 0.1) is 0 Å². The van der Waals surface area contributed by atoms with Crippen LogP contribution in [0.1, 0.15) is 69.4 Å². The zero-order chi connectivity index (χ0) is 21.8. The molecule has 2 aromatic rings. The maximum Gasteiger partial charge on any atom is 0.256 e. The van der Waals surface area contributed by atoms with Crippen LogP contribution in [0.3, 0.4) is 0 Å². The number of thiol groups is 1. The van der Waals surface area contributed by atoms with Crippen molar-refractivity contribution < 1.29 is 4.79 Å². The van der Waals surface area contributed by atoms with Crippen LogP contribution in [0.5, 0.6) is 0 Å². The molecular weight excluding hydrogens is 468 g/mol. The van der Waals surface area contributed by atoms with Crippen molar-refractivity contribution in [3.63, 3.8) is 0 Å². The molecule has 31 heavy (non-hydrogen) atoms. The number of nitrogens with zero attached hydrogens (tertiary/aromatic N) is 2. The Morgan fingerprint density at radius 3 is 2.58 bits per heavy atom. The Labute approximate surface area is 199 Å². The van der Waals surface area contributed by atoms with Crippen LogP contribution in [0.15, 0.2) is 52.4 Å². The van der Waals surface area contributed by atoms with Gasteiger partial charge in [0, 0.05) is 16.6 Å². The van der Waals surface area contributed by atoms with Gasteiger partial charge in [-0.15, -0.1) is 12.6 Å². The summed E-state index contributed by atoms with van der Waals surface area (Å²) in [6.07, 6.45) is 8.32. The minimum atomic E-state index is -0.482. The first-order valence-corrected chi connectivity index (χ1v) is 13.0. The second-order valence-electron chi connectivity index (χ2n) is 8.76. The Balaban J connectivity index is 1.62. The van der Waals surface area contributed by atoms with Gasteiger partial charge in [-0.1, -0.05) is 84.9 Å². The largest absolute Gasteiger partial charge is 0.294 e. The molecule has 1 fully saturated rings. The summed E-state index contributed by atoms with van der Waals surface area (Å²) in [6.45, 7) is 2.80. The van der Waals surface area contributed by atoms with Gasteiger partial charge in [0.1, 0.15) is 11.4 Å². The van der Waals surface area contributed by atoms with Gasteiger partial charge in [0.25, 0.3) is 5.91 Å². The minimum Gasteiger partial charge on any atom is -0.294 e. The third kappa shape index (κ3) is 4.63. The molecule has 1 heterocycles. The van der Waals surface area contributed by atoms with Crippen molar-refractivity contribution in [2.45, 2.75) is 80.6 Å². The number of halogens is 1. The fourth-order valence-electron chi connectivity index (χ4n) is 4.88. The molecular formula is C26H31BrN2OS. The van der Waals surface area contributed by atoms with E-state index in [4.69, 9.17) is 4.99 Å². The lowest BCUT2D eigenvalue weighted by atomic mass is 9.82. The number of carbonyl (C=O) groups is 1. The summed E-state index contributed by atoms with van der Waals surface area (Å²) >= 11 is 8.31. The van der Waals surface area contributed by atoms with Crippen LogP contribution >= 0.6 is 28.6 Å². The highest BCUT2D eigenvalue weighted by Gasteiger charge is 2.48. The number of hydrogen-bond acceptors (Lipinski definition) is 3. The highest BCUT2D eigenvalue weighted by Crippen LogP contribution is 2.39. The molecule has 3 nitrogen and oxygen atoms in total. The lowest BCUT2D eigenvalue weighted by Crippen LogP contribution is -2.43. The Kier molecular flexibility index (Phi) is 7.22. The molecule has 0 bridgehead atoms. The molecule has 1 saturated carbocycles. The maximum atomic E-state index is 13.5. The first kappa shape index (κ1) is 22.6. The zero-order valence-electron chi connectivity index (χ0n) is 18.2. The fraction of sp³-hybridized carbons (Fsp3) is 0.462. The van der Waals surface area contributed by atoms with Crippen LogP contribution in [0.2, 0.25) is 0 Å². The number of rotatable bonds is 7. The molecule has 1 amide bonds. The molecule has 1 aliphatic heterocycles. The molecule has 0 N–H and O–H groups in total. The molecule has 0 unspecified atom stereocenters. The van der Waals surface area contributed by atoms with Crippen LogP contribution in [-0.4, -0.2) is 22.2 Å². The van der Waals surface area contributed by atoms with Gasteiger partial charge in [-0.25, -0.2) is 0 Å². The molecule has 2 aromatic carbocycles. The van der Waals surface area contributed by atoms with E-state index in [1.54, 1.807) is 0 Å². The number of carbonyl (C=O) groups excluding carboxylic acids is 1. The second kappa shape index (κ2) is 9.91. The first-order valence-electron chi connectivity index (χ1n) is 11.4. The van der Waals surface area contributed by atoms with E-state index in [-0.39, 0.29) is 5.91 Å². The average Bonchev–Trinajstić information content (AvgIpc) is 3.04. The lowest BCUT2D eigenvalue weighted by Gasteiger charge is -2.29. The molecule has 0 radical (unpaired) electrons. The summed E-state index contributed by atoms with van der Waals surface area (Å²) in [7, 11) is 0. The van der Waals surface area contributed by atoms with Gasteiger partial charge in [-0.2, -0.15) is 0 Å². The smallest absolute Gasteiger partial charge is 0.256 e. The fourth-order valence-corrected chi connectivity index (χ4v) is 5.62. The number of amides is 1. The van der Waals surface area contributed by atoms with Crippen molar-refractivity contribution in [3.8, 4) is 11.1 Å². The molecule has 0 aromatic heterocycles. The van der Waals surface area contributed by atoms with Crippen LogP contribution in [0.4, 0.5) is 0 Å². The summed E-state index contributed by atoms with van der Waals surface area (Å²) in [5.74, 6) is 1.22. The van der Waals surface area contributed by atoms with E-state index in [2.05, 4.69) is 59.7 Å². The predicted molar refractivity (Wildman–Crippen MR) is 135 cm³/mol. The SMILES string of the molecule is CCCCC1=NC2(CCCCC2)C(=O)N1Cc1ccc(-c2ccccc2S)c(CBr)c1. The average molecular weight is 500 g/mol. The monoisotopic (exact) mass is 498 g/mol. The van der Waals surface area contributed by atoms with E-state index >= 15 is 0 Å². The van der Waals surface area contributed by atoms with Gasteiger partial charge in [0.2, 0.25) is 0 Å². The lowest BCUT2D eigenvalue weighted by molar-refractivity contribution is -0.132. The van der Waals surface area contributed by atoms with E-state index in [0.717, 1.165) is 72.1 Å². The molecule has 0 atom stereocenters. The number of benzene rings is 2. The minimum absolute atomic E-state index is 0.225. The predicted octanol–water partition coefficient (Wildman–Crippen LogP) is 7.17. The van der Waals surface area contributed by atoms with Gasteiger partial charge < -0.3 is 0 Å².